The summed E-state index contributed by atoms with van der Waals surface area (Å²) >= 11 is 0. The minimum atomic E-state index is 0.235. The van der Waals surface area contributed by atoms with Crippen molar-refractivity contribution in [1.82, 2.24) is 5.32 Å². The Balaban J connectivity index is 1.83. The van der Waals surface area contributed by atoms with Crippen LogP contribution in [0.3, 0.4) is 0 Å². The lowest BCUT2D eigenvalue weighted by atomic mass is 9.64. The molecule has 0 saturated heterocycles. The fourth-order valence-corrected chi connectivity index (χ4v) is 3.00. The van der Waals surface area contributed by atoms with E-state index in [1.54, 1.807) is 0 Å². The molecule has 3 atom stereocenters. The average molecular weight is 241 g/mol. The van der Waals surface area contributed by atoms with Gasteiger partial charge in [-0.25, -0.2) is 0 Å². The maximum Gasteiger partial charge on any atom is 0.0655 e. The van der Waals surface area contributed by atoms with Crippen LogP contribution in [-0.4, -0.2) is 36.5 Å². The second-order valence-electron chi connectivity index (χ2n) is 6.18. The van der Waals surface area contributed by atoms with Gasteiger partial charge in [-0.05, 0) is 38.5 Å². The summed E-state index contributed by atoms with van der Waals surface area (Å²) in [7, 11) is 0. The maximum absolute atomic E-state index is 9.12. The Morgan fingerprint density at radius 3 is 2.59 bits per heavy atom. The SMILES string of the molecule is CCOC1CC(NC(CCO)C2CC2)C1(C)C. The van der Waals surface area contributed by atoms with Gasteiger partial charge in [-0.3, -0.25) is 0 Å². The predicted octanol–water partition coefficient (Wildman–Crippen LogP) is 1.94. The van der Waals surface area contributed by atoms with Gasteiger partial charge in [0.05, 0.1) is 6.10 Å². The van der Waals surface area contributed by atoms with Crippen molar-refractivity contribution in [1.29, 1.82) is 0 Å². The molecule has 2 N–H and O–H groups in total. The first-order valence-electron chi connectivity index (χ1n) is 7.08. The molecule has 3 heteroatoms. The summed E-state index contributed by atoms with van der Waals surface area (Å²) in [6.07, 6.45) is 5.09. The minimum absolute atomic E-state index is 0.235. The Kier molecular flexibility index (Phi) is 4.11. The Morgan fingerprint density at radius 2 is 2.12 bits per heavy atom. The number of aliphatic hydroxyl groups is 1. The molecular formula is C14H27NO2. The van der Waals surface area contributed by atoms with Gasteiger partial charge in [0.1, 0.15) is 0 Å². The average Bonchev–Trinajstić information content (AvgIpc) is 3.10. The number of hydrogen-bond donors (Lipinski definition) is 2. The minimum Gasteiger partial charge on any atom is -0.396 e. The second-order valence-corrected chi connectivity index (χ2v) is 6.18. The number of nitrogens with one attached hydrogen (secondary N) is 1. The summed E-state index contributed by atoms with van der Waals surface area (Å²) in [5, 5.41) is 12.9. The molecule has 3 unspecified atom stereocenters. The van der Waals surface area contributed by atoms with Crippen LogP contribution in [-0.2, 0) is 4.74 Å². The molecule has 0 radical (unpaired) electrons. The zero-order chi connectivity index (χ0) is 12.5. The van der Waals surface area contributed by atoms with Crippen molar-refractivity contribution in [3.8, 4) is 0 Å². The second kappa shape index (κ2) is 5.25. The van der Waals surface area contributed by atoms with Crippen LogP contribution < -0.4 is 5.32 Å². The molecule has 2 saturated carbocycles. The van der Waals surface area contributed by atoms with Gasteiger partial charge in [0, 0.05) is 30.7 Å². The van der Waals surface area contributed by atoms with Gasteiger partial charge in [0.2, 0.25) is 0 Å². The van der Waals surface area contributed by atoms with E-state index in [0.29, 0.717) is 24.8 Å². The van der Waals surface area contributed by atoms with E-state index >= 15 is 0 Å². The van der Waals surface area contributed by atoms with Gasteiger partial charge >= 0.3 is 0 Å². The summed E-state index contributed by atoms with van der Waals surface area (Å²) < 4.78 is 5.75. The highest BCUT2D eigenvalue weighted by Crippen LogP contribution is 2.44. The Morgan fingerprint density at radius 1 is 1.41 bits per heavy atom. The third-order valence-electron chi connectivity index (χ3n) is 4.59. The first kappa shape index (κ1) is 13.3. The summed E-state index contributed by atoms with van der Waals surface area (Å²) in [6, 6.07) is 1.07. The molecule has 100 valence electrons. The molecule has 2 fully saturated rings. The van der Waals surface area contributed by atoms with Crippen LogP contribution in [0.15, 0.2) is 0 Å². The molecule has 0 amide bonds. The maximum atomic E-state index is 9.12. The van der Waals surface area contributed by atoms with Crippen LogP contribution in [0.5, 0.6) is 0 Å². The van der Waals surface area contributed by atoms with Gasteiger partial charge in [0.25, 0.3) is 0 Å². The van der Waals surface area contributed by atoms with E-state index in [2.05, 4.69) is 26.1 Å². The smallest absolute Gasteiger partial charge is 0.0655 e. The van der Waals surface area contributed by atoms with Crippen LogP contribution in [0.1, 0.15) is 46.5 Å². The molecule has 2 aliphatic carbocycles. The summed E-state index contributed by atoms with van der Waals surface area (Å²) in [4.78, 5) is 0. The van der Waals surface area contributed by atoms with Crippen molar-refractivity contribution in [3.05, 3.63) is 0 Å². The first-order valence-corrected chi connectivity index (χ1v) is 7.08. The molecule has 0 aromatic carbocycles. The first-order chi connectivity index (χ1) is 8.09. The molecule has 0 aromatic heterocycles. The van der Waals surface area contributed by atoms with Gasteiger partial charge in [-0.2, -0.15) is 0 Å². The number of ether oxygens (including phenoxy) is 1. The molecule has 3 nitrogen and oxygen atoms in total. The van der Waals surface area contributed by atoms with Gasteiger partial charge in [0.15, 0.2) is 0 Å². The predicted molar refractivity (Wildman–Crippen MR) is 69.0 cm³/mol. The normalized spacial score (nSPS) is 33.2. The van der Waals surface area contributed by atoms with Crippen molar-refractivity contribution in [2.24, 2.45) is 11.3 Å². The largest absolute Gasteiger partial charge is 0.396 e. The lowest BCUT2D eigenvalue weighted by Gasteiger charge is -2.53. The van der Waals surface area contributed by atoms with E-state index in [-0.39, 0.29) is 5.41 Å². The Labute approximate surface area is 105 Å². The summed E-state index contributed by atoms with van der Waals surface area (Å²) in [5.74, 6) is 0.809. The van der Waals surface area contributed by atoms with Crippen LogP contribution in [0.25, 0.3) is 0 Å². The van der Waals surface area contributed by atoms with Crippen molar-refractivity contribution >= 4 is 0 Å². The molecule has 0 bridgehead atoms. The molecule has 0 aromatic rings. The molecule has 2 aliphatic rings. The van der Waals surface area contributed by atoms with E-state index in [1.165, 1.54) is 12.8 Å². The number of hydrogen-bond acceptors (Lipinski definition) is 3. The standard InChI is InChI=1S/C14H27NO2/c1-4-17-13-9-12(14(13,2)3)15-11(7-8-16)10-5-6-10/h10-13,15-16H,4-9H2,1-3H3. The molecular weight excluding hydrogens is 214 g/mol. The Bertz CT molecular complexity index is 251. The molecule has 2 rings (SSSR count). The molecule has 0 heterocycles. The highest BCUT2D eigenvalue weighted by Gasteiger charge is 2.50. The molecule has 17 heavy (non-hydrogen) atoms. The molecule has 0 aliphatic heterocycles. The van der Waals surface area contributed by atoms with Gasteiger partial charge in [-0.1, -0.05) is 13.8 Å². The summed E-state index contributed by atoms with van der Waals surface area (Å²) in [5.41, 5.74) is 0.235. The highest BCUT2D eigenvalue weighted by atomic mass is 16.5. The lowest BCUT2D eigenvalue weighted by molar-refractivity contribution is -0.117. The topological polar surface area (TPSA) is 41.5 Å². The fourth-order valence-electron chi connectivity index (χ4n) is 3.00. The van der Waals surface area contributed by atoms with Gasteiger partial charge < -0.3 is 15.2 Å². The number of rotatable bonds is 7. The van der Waals surface area contributed by atoms with E-state index < -0.39 is 0 Å². The third kappa shape index (κ3) is 2.83. The van der Waals surface area contributed by atoms with Crippen LogP contribution in [0.2, 0.25) is 0 Å². The van der Waals surface area contributed by atoms with Crippen LogP contribution >= 0.6 is 0 Å². The quantitative estimate of drug-likeness (QED) is 0.716. The monoisotopic (exact) mass is 241 g/mol. The van der Waals surface area contributed by atoms with Crippen LogP contribution in [0.4, 0.5) is 0 Å². The fraction of sp³-hybridized carbons (Fsp3) is 1.00. The zero-order valence-corrected chi connectivity index (χ0v) is 11.4. The van der Waals surface area contributed by atoms with Gasteiger partial charge in [-0.15, -0.1) is 0 Å². The van der Waals surface area contributed by atoms with Crippen molar-refractivity contribution in [3.63, 3.8) is 0 Å². The lowest BCUT2D eigenvalue weighted by Crippen LogP contribution is -2.63. The van der Waals surface area contributed by atoms with Crippen molar-refractivity contribution in [2.45, 2.75) is 64.6 Å². The van der Waals surface area contributed by atoms with E-state index in [1.807, 2.05) is 0 Å². The van der Waals surface area contributed by atoms with E-state index in [4.69, 9.17) is 9.84 Å². The summed E-state index contributed by atoms with van der Waals surface area (Å²) in [6.45, 7) is 7.75. The van der Waals surface area contributed by atoms with E-state index in [0.717, 1.165) is 25.4 Å². The van der Waals surface area contributed by atoms with Crippen molar-refractivity contribution in [2.75, 3.05) is 13.2 Å². The zero-order valence-electron chi connectivity index (χ0n) is 11.4. The highest BCUT2D eigenvalue weighted by molar-refractivity contribution is 5.04. The number of aliphatic hydroxyl groups excluding tert-OH is 1. The van der Waals surface area contributed by atoms with Crippen molar-refractivity contribution < 1.29 is 9.84 Å². The Hall–Kier alpha value is -0.120. The third-order valence-corrected chi connectivity index (χ3v) is 4.59. The van der Waals surface area contributed by atoms with E-state index in [9.17, 15) is 0 Å². The van der Waals surface area contributed by atoms with Crippen LogP contribution in [0, 0.1) is 11.3 Å². The molecule has 0 spiro atoms.